The highest BCUT2D eigenvalue weighted by Crippen LogP contribution is 2.36. The zero-order chi connectivity index (χ0) is 35.5. The molecular weight excluding hydrogens is 655 g/mol. The van der Waals surface area contributed by atoms with E-state index in [0.717, 1.165) is 44.0 Å². The molecule has 262 valence electrons. The summed E-state index contributed by atoms with van der Waals surface area (Å²) in [5, 5.41) is 10.8. The lowest BCUT2D eigenvalue weighted by Gasteiger charge is -2.33. The Morgan fingerprint density at radius 1 is 1.06 bits per heavy atom. The normalized spacial score (nSPS) is 16.5. The van der Waals surface area contributed by atoms with E-state index in [2.05, 4.69) is 22.0 Å². The van der Waals surface area contributed by atoms with E-state index in [1.807, 2.05) is 45.9 Å². The van der Waals surface area contributed by atoms with Crippen LogP contribution in [0.25, 0.3) is 28.2 Å². The van der Waals surface area contributed by atoms with Crippen molar-refractivity contribution in [3.05, 3.63) is 83.7 Å². The van der Waals surface area contributed by atoms with Crippen LogP contribution in [0.15, 0.2) is 71.9 Å². The third-order valence-electron chi connectivity index (χ3n) is 8.79. The van der Waals surface area contributed by atoms with Gasteiger partial charge in [0.05, 0.1) is 23.7 Å². The fraction of sp³-hybridized carbons (Fsp3) is 0.395. The molecule has 4 heterocycles. The zero-order valence-electron chi connectivity index (χ0n) is 29.0. The second-order valence-corrected chi connectivity index (χ2v) is 15.5. The number of carbonyl (C=O) groups excluding carboxylic acids is 1. The van der Waals surface area contributed by atoms with E-state index in [1.54, 1.807) is 53.7 Å². The Morgan fingerprint density at radius 2 is 1.78 bits per heavy atom. The standard InChI is InChI=1S/C38H43N5O6S/c1-27-7-10-32(11-8-27)50(45,46)43-26-34(33-22-28(25-40-36(33)43)6-5-15-41-18-20-47-21-19-41)29-9-12-35(30(23-29)24-39)48-31-13-16-42(17-14-31)37(44)49-38(2,3)4/h5-12,22-23,25-26,31H,13-21H2,1-4H3/b6-5+. The third-order valence-corrected chi connectivity index (χ3v) is 10.5. The maximum atomic E-state index is 14.0. The molecule has 1 amide bonds. The summed E-state index contributed by atoms with van der Waals surface area (Å²) < 4.78 is 46.4. The molecule has 0 saturated carbocycles. The van der Waals surface area contributed by atoms with Crippen LogP contribution in [0.5, 0.6) is 5.75 Å². The number of hydrogen-bond acceptors (Lipinski definition) is 9. The number of amides is 1. The van der Waals surface area contributed by atoms with E-state index in [9.17, 15) is 18.5 Å². The summed E-state index contributed by atoms with van der Waals surface area (Å²) in [5.41, 5.74) is 3.12. The lowest BCUT2D eigenvalue weighted by molar-refractivity contribution is 0.0126. The topological polar surface area (TPSA) is 127 Å². The van der Waals surface area contributed by atoms with Crippen LogP contribution in [0.2, 0.25) is 0 Å². The van der Waals surface area contributed by atoms with Crippen LogP contribution in [-0.2, 0) is 19.5 Å². The molecule has 11 nitrogen and oxygen atoms in total. The van der Waals surface area contributed by atoms with Crippen LogP contribution in [0.1, 0.15) is 50.3 Å². The number of benzene rings is 2. The highest BCUT2D eigenvalue weighted by Gasteiger charge is 2.29. The van der Waals surface area contributed by atoms with Gasteiger partial charge in [-0.25, -0.2) is 22.2 Å². The molecule has 0 radical (unpaired) electrons. The number of likely N-dealkylation sites (tertiary alicyclic amines) is 1. The van der Waals surface area contributed by atoms with E-state index in [0.29, 0.717) is 59.4 Å². The first kappa shape index (κ1) is 35.1. The van der Waals surface area contributed by atoms with Crippen molar-refractivity contribution in [2.24, 2.45) is 0 Å². The second-order valence-electron chi connectivity index (χ2n) is 13.7. The minimum absolute atomic E-state index is 0.155. The molecule has 50 heavy (non-hydrogen) atoms. The molecule has 0 unspecified atom stereocenters. The van der Waals surface area contributed by atoms with Crippen LogP contribution in [0, 0.1) is 18.3 Å². The maximum Gasteiger partial charge on any atom is 0.410 e. The van der Waals surface area contributed by atoms with Crippen molar-refractivity contribution in [3.63, 3.8) is 0 Å². The first-order valence-electron chi connectivity index (χ1n) is 16.9. The molecule has 0 atom stereocenters. The number of carbonyl (C=O) groups is 1. The molecule has 12 heteroatoms. The van der Waals surface area contributed by atoms with E-state index >= 15 is 0 Å². The quantitative estimate of drug-likeness (QED) is 0.210. The van der Waals surface area contributed by atoms with Crippen molar-refractivity contribution in [3.8, 4) is 22.9 Å². The van der Waals surface area contributed by atoms with Crippen molar-refractivity contribution >= 4 is 33.2 Å². The van der Waals surface area contributed by atoms with E-state index < -0.39 is 15.6 Å². The van der Waals surface area contributed by atoms with E-state index in [1.165, 1.54) is 3.97 Å². The van der Waals surface area contributed by atoms with Crippen molar-refractivity contribution in [2.45, 2.75) is 57.1 Å². The highest BCUT2D eigenvalue weighted by molar-refractivity contribution is 7.90. The van der Waals surface area contributed by atoms with Gasteiger partial charge in [-0.3, -0.25) is 4.90 Å². The molecular formula is C38H43N5O6S. The summed E-state index contributed by atoms with van der Waals surface area (Å²) in [6, 6.07) is 16.2. The van der Waals surface area contributed by atoms with Gasteiger partial charge in [-0.15, -0.1) is 0 Å². The predicted octanol–water partition coefficient (Wildman–Crippen LogP) is 6.24. The number of pyridine rings is 1. The summed E-state index contributed by atoms with van der Waals surface area (Å²) in [5.74, 6) is 0.438. The zero-order valence-corrected chi connectivity index (χ0v) is 29.8. The number of piperidine rings is 1. The van der Waals surface area contributed by atoms with Gasteiger partial charge in [0.25, 0.3) is 10.0 Å². The van der Waals surface area contributed by atoms with Gasteiger partial charge in [0.2, 0.25) is 0 Å². The minimum Gasteiger partial charge on any atom is -0.489 e. The number of fused-ring (bicyclic) bond motifs is 1. The van der Waals surface area contributed by atoms with Crippen molar-refractivity contribution in [1.29, 1.82) is 5.26 Å². The van der Waals surface area contributed by atoms with Gasteiger partial charge in [-0.05, 0) is 69.2 Å². The second kappa shape index (κ2) is 14.6. The number of hydrogen-bond donors (Lipinski definition) is 0. The lowest BCUT2D eigenvalue weighted by atomic mass is 10.0. The Kier molecular flexibility index (Phi) is 10.3. The average molecular weight is 698 g/mol. The van der Waals surface area contributed by atoms with Crippen molar-refractivity contribution < 1.29 is 27.4 Å². The third kappa shape index (κ3) is 8.02. The van der Waals surface area contributed by atoms with Gasteiger partial charge in [-0.1, -0.05) is 35.9 Å². The summed E-state index contributed by atoms with van der Waals surface area (Å²) >= 11 is 0. The predicted molar refractivity (Wildman–Crippen MR) is 191 cm³/mol. The monoisotopic (exact) mass is 697 g/mol. The molecule has 0 spiro atoms. The molecule has 2 aliphatic rings. The number of rotatable bonds is 8. The molecule has 2 saturated heterocycles. The SMILES string of the molecule is Cc1ccc(S(=O)(=O)n2cc(-c3ccc(OC4CCN(C(=O)OC(C)(C)C)CC4)c(C#N)c3)c3cc(/C=C/CN4CCOCC4)cnc32)cc1. The number of aryl methyl sites for hydroxylation is 1. The summed E-state index contributed by atoms with van der Waals surface area (Å²) in [4.78, 5) is 21.3. The number of morpholine rings is 1. The molecule has 2 aliphatic heterocycles. The molecule has 4 aromatic rings. The Bertz CT molecular complexity index is 2030. The van der Waals surface area contributed by atoms with Gasteiger partial charge in [0.1, 0.15) is 23.5 Å². The van der Waals surface area contributed by atoms with Gasteiger partial charge >= 0.3 is 6.09 Å². The van der Waals surface area contributed by atoms with E-state index in [-0.39, 0.29) is 17.1 Å². The van der Waals surface area contributed by atoms with Crippen LogP contribution in [-0.4, -0.2) is 90.9 Å². The van der Waals surface area contributed by atoms with E-state index in [4.69, 9.17) is 14.2 Å². The lowest BCUT2D eigenvalue weighted by Crippen LogP contribution is -2.44. The average Bonchev–Trinajstić information content (AvgIpc) is 3.48. The Hall–Kier alpha value is -4.70. The Morgan fingerprint density at radius 3 is 2.46 bits per heavy atom. The molecule has 6 rings (SSSR count). The van der Waals surface area contributed by atoms with Gasteiger partial charge in [0.15, 0.2) is 5.65 Å². The molecule has 0 bridgehead atoms. The molecule has 0 N–H and O–H groups in total. The Labute approximate surface area is 293 Å². The van der Waals surface area contributed by atoms with Gasteiger partial charge in [-0.2, -0.15) is 5.26 Å². The number of aromatic nitrogens is 2. The van der Waals surface area contributed by atoms with Gasteiger partial charge in [0, 0.05) is 68.9 Å². The fourth-order valence-corrected chi connectivity index (χ4v) is 7.42. The molecule has 2 aromatic heterocycles. The molecule has 0 aliphatic carbocycles. The smallest absolute Gasteiger partial charge is 0.410 e. The first-order valence-corrected chi connectivity index (χ1v) is 18.3. The summed E-state index contributed by atoms with van der Waals surface area (Å²) in [6.07, 6.45) is 8.01. The highest BCUT2D eigenvalue weighted by atomic mass is 32.2. The Balaban J connectivity index is 1.30. The van der Waals surface area contributed by atoms with Crippen LogP contribution >= 0.6 is 0 Å². The number of nitrogens with zero attached hydrogens (tertiary/aromatic N) is 5. The largest absolute Gasteiger partial charge is 0.489 e. The number of nitriles is 1. The minimum atomic E-state index is -3.99. The fourth-order valence-electron chi connectivity index (χ4n) is 6.10. The number of ether oxygens (including phenoxy) is 3. The summed E-state index contributed by atoms with van der Waals surface area (Å²) in [7, 11) is -3.99. The van der Waals surface area contributed by atoms with Crippen molar-refractivity contribution in [2.75, 3.05) is 45.9 Å². The first-order chi connectivity index (χ1) is 23.9. The van der Waals surface area contributed by atoms with Crippen molar-refractivity contribution in [1.82, 2.24) is 18.8 Å². The summed E-state index contributed by atoms with van der Waals surface area (Å²) in [6.45, 7) is 12.4. The van der Waals surface area contributed by atoms with Crippen LogP contribution in [0.4, 0.5) is 4.79 Å². The van der Waals surface area contributed by atoms with Gasteiger partial charge < -0.3 is 19.1 Å². The molecule has 2 fully saturated rings. The van der Waals surface area contributed by atoms with Crippen LogP contribution < -0.4 is 4.74 Å². The molecule has 2 aromatic carbocycles. The van der Waals surface area contributed by atoms with Crippen LogP contribution in [0.3, 0.4) is 0 Å². The maximum absolute atomic E-state index is 14.0.